The fourth-order valence-corrected chi connectivity index (χ4v) is 3.56. The Kier molecular flexibility index (Phi) is 6.39. The van der Waals surface area contributed by atoms with Gasteiger partial charge in [0.25, 0.3) is 11.8 Å². The summed E-state index contributed by atoms with van der Waals surface area (Å²) in [6.45, 7) is 9.72. The molecule has 6 heteroatoms. The minimum absolute atomic E-state index is 0.134. The summed E-state index contributed by atoms with van der Waals surface area (Å²) in [6.07, 6.45) is 0.709. The van der Waals surface area contributed by atoms with Crippen molar-refractivity contribution in [2.24, 2.45) is 5.92 Å². The van der Waals surface area contributed by atoms with Crippen LogP contribution in [0.3, 0.4) is 0 Å². The van der Waals surface area contributed by atoms with Crippen molar-refractivity contribution >= 4 is 23.6 Å². The topological polar surface area (TPSA) is 80.8 Å². The molecule has 0 aromatic heterocycles. The van der Waals surface area contributed by atoms with Crippen LogP contribution >= 0.6 is 0 Å². The Labute approximate surface area is 182 Å². The monoisotopic (exact) mass is 421 g/mol. The summed E-state index contributed by atoms with van der Waals surface area (Å²) < 4.78 is 5.20. The van der Waals surface area contributed by atoms with Crippen LogP contribution in [-0.2, 0) is 4.74 Å². The molecule has 0 aliphatic carbocycles. The summed E-state index contributed by atoms with van der Waals surface area (Å²) in [6, 6.07) is 8.02. The number of carbonyl (C=O) groups excluding carboxylic acids is 4. The van der Waals surface area contributed by atoms with Gasteiger partial charge >= 0.3 is 5.97 Å². The van der Waals surface area contributed by atoms with E-state index in [9.17, 15) is 19.2 Å². The molecule has 1 aliphatic heterocycles. The number of ketones is 1. The molecule has 0 saturated carbocycles. The van der Waals surface area contributed by atoms with Crippen LogP contribution in [0.2, 0.25) is 0 Å². The van der Waals surface area contributed by atoms with Gasteiger partial charge in [-0.3, -0.25) is 19.3 Å². The summed E-state index contributed by atoms with van der Waals surface area (Å²) in [5.74, 6) is -1.40. The van der Waals surface area contributed by atoms with Gasteiger partial charge in [-0.25, -0.2) is 4.79 Å². The summed E-state index contributed by atoms with van der Waals surface area (Å²) in [5.41, 5.74) is 4.04. The van der Waals surface area contributed by atoms with Crippen molar-refractivity contribution in [2.75, 3.05) is 13.2 Å². The molecule has 0 fully saturated rings. The van der Waals surface area contributed by atoms with Crippen molar-refractivity contribution in [3.8, 4) is 0 Å². The molecule has 0 bridgehead atoms. The molecule has 0 saturated heterocycles. The number of aryl methyl sites for hydroxylation is 3. The van der Waals surface area contributed by atoms with E-state index in [2.05, 4.69) is 0 Å². The van der Waals surface area contributed by atoms with Gasteiger partial charge in [0.15, 0.2) is 6.61 Å². The number of Topliss-reactive ketones (excluding diaryl/α,β-unsaturated/α-hetero) is 1. The van der Waals surface area contributed by atoms with Crippen LogP contribution in [0.4, 0.5) is 0 Å². The lowest BCUT2D eigenvalue weighted by atomic mass is 9.98. The van der Waals surface area contributed by atoms with Crippen LogP contribution in [-0.4, -0.2) is 41.6 Å². The normalized spacial score (nSPS) is 13.0. The number of benzene rings is 2. The summed E-state index contributed by atoms with van der Waals surface area (Å²) in [7, 11) is 0. The molecular weight excluding hydrogens is 394 g/mol. The molecule has 0 unspecified atom stereocenters. The Balaban J connectivity index is 1.71. The van der Waals surface area contributed by atoms with E-state index in [1.807, 2.05) is 40.7 Å². The molecule has 0 atom stereocenters. The molecule has 1 aliphatic rings. The second kappa shape index (κ2) is 8.84. The van der Waals surface area contributed by atoms with Crippen LogP contribution < -0.4 is 0 Å². The van der Waals surface area contributed by atoms with Gasteiger partial charge in [0.2, 0.25) is 5.78 Å². The van der Waals surface area contributed by atoms with E-state index in [1.54, 1.807) is 6.07 Å². The number of nitrogens with zero attached hydrogens (tertiary/aromatic N) is 1. The fraction of sp³-hybridized carbons (Fsp3) is 0.360. The van der Waals surface area contributed by atoms with E-state index < -0.39 is 18.5 Å². The van der Waals surface area contributed by atoms with Gasteiger partial charge in [0.05, 0.1) is 16.7 Å². The molecule has 2 aromatic carbocycles. The highest BCUT2D eigenvalue weighted by Gasteiger charge is 2.35. The molecule has 0 spiro atoms. The van der Waals surface area contributed by atoms with Gasteiger partial charge in [-0.2, -0.15) is 0 Å². The number of fused-ring (bicyclic) bond motifs is 1. The van der Waals surface area contributed by atoms with Gasteiger partial charge < -0.3 is 4.74 Å². The molecule has 1 heterocycles. The number of hydrogen-bond acceptors (Lipinski definition) is 5. The first-order valence-corrected chi connectivity index (χ1v) is 10.4. The molecule has 2 aromatic rings. The number of rotatable bonds is 7. The van der Waals surface area contributed by atoms with Gasteiger partial charge in [-0.1, -0.05) is 19.9 Å². The number of amides is 2. The van der Waals surface area contributed by atoms with Crippen LogP contribution in [0.1, 0.15) is 78.4 Å². The number of carbonyl (C=O) groups is 4. The van der Waals surface area contributed by atoms with Crippen LogP contribution in [0, 0.1) is 26.7 Å². The highest BCUT2D eigenvalue weighted by Crippen LogP contribution is 2.25. The minimum Gasteiger partial charge on any atom is -0.454 e. The van der Waals surface area contributed by atoms with Crippen molar-refractivity contribution in [3.63, 3.8) is 0 Å². The second-order valence-electron chi connectivity index (χ2n) is 8.46. The maximum Gasteiger partial charge on any atom is 0.338 e. The number of esters is 1. The number of imide groups is 1. The smallest absolute Gasteiger partial charge is 0.338 e. The van der Waals surface area contributed by atoms with Gasteiger partial charge in [-0.15, -0.1) is 0 Å². The first-order chi connectivity index (χ1) is 14.6. The van der Waals surface area contributed by atoms with E-state index >= 15 is 0 Å². The Hall–Kier alpha value is -3.28. The molecular formula is C25H27NO5. The van der Waals surface area contributed by atoms with Crippen molar-refractivity contribution in [3.05, 3.63) is 69.3 Å². The SMILES string of the molecule is Cc1cc(C)c(C(=O)COC(=O)c2ccc3c(c2)C(=O)N(CCC(C)C)C3=O)cc1C. The van der Waals surface area contributed by atoms with E-state index in [-0.39, 0.29) is 28.4 Å². The Morgan fingerprint density at radius 1 is 0.903 bits per heavy atom. The average Bonchev–Trinajstić information content (AvgIpc) is 2.96. The third-order valence-corrected chi connectivity index (χ3v) is 5.61. The zero-order valence-corrected chi connectivity index (χ0v) is 18.6. The number of hydrogen-bond donors (Lipinski definition) is 0. The van der Waals surface area contributed by atoms with Gasteiger partial charge in [0, 0.05) is 12.1 Å². The van der Waals surface area contributed by atoms with Gasteiger partial charge in [0.1, 0.15) is 0 Å². The Bertz CT molecular complexity index is 1080. The van der Waals surface area contributed by atoms with Crippen LogP contribution in [0.15, 0.2) is 30.3 Å². The van der Waals surface area contributed by atoms with E-state index in [0.717, 1.165) is 16.7 Å². The quantitative estimate of drug-likeness (QED) is 0.378. The lowest BCUT2D eigenvalue weighted by molar-refractivity contribution is 0.0474. The molecule has 0 radical (unpaired) electrons. The highest BCUT2D eigenvalue weighted by atomic mass is 16.5. The molecule has 162 valence electrons. The summed E-state index contributed by atoms with van der Waals surface area (Å²) in [5, 5.41) is 0. The first-order valence-electron chi connectivity index (χ1n) is 10.4. The van der Waals surface area contributed by atoms with Crippen molar-refractivity contribution in [1.82, 2.24) is 4.90 Å². The van der Waals surface area contributed by atoms with Crippen LogP contribution in [0.5, 0.6) is 0 Å². The molecule has 31 heavy (non-hydrogen) atoms. The van der Waals surface area contributed by atoms with E-state index in [4.69, 9.17) is 4.74 Å². The first kappa shape index (κ1) is 22.4. The standard InChI is InChI=1S/C25H27NO5/c1-14(2)8-9-26-23(28)19-7-6-18(12-21(19)24(26)29)25(30)31-13-22(27)20-11-16(4)15(3)10-17(20)5/h6-7,10-12,14H,8-9,13H2,1-5H3. The zero-order chi connectivity index (χ0) is 22.9. The van der Waals surface area contributed by atoms with E-state index in [0.29, 0.717) is 24.4 Å². The predicted octanol–water partition coefficient (Wildman–Crippen LogP) is 4.29. The van der Waals surface area contributed by atoms with Crippen molar-refractivity contribution in [2.45, 2.75) is 41.0 Å². The number of ether oxygens (including phenoxy) is 1. The van der Waals surface area contributed by atoms with Crippen molar-refractivity contribution < 1.29 is 23.9 Å². The zero-order valence-electron chi connectivity index (χ0n) is 18.6. The highest BCUT2D eigenvalue weighted by molar-refractivity contribution is 6.22. The molecule has 0 N–H and O–H groups in total. The predicted molar refractivity (Wildman–Crippen MR) is 117 cm³/mol. The summed E-state index contributed by atoms with van der Waals surface area (Å²) >= 11 is 0. The lowest BCUT2D eigenvalue weighted by Gasteiger charge is -2.14. The maximum atomic E-state index is 12.6. The average molecular weight is 421 g/mol. The van der Waals surface area contributed by atoms with Crippen molar-refractivity contribution in [1.29, 1.82) is 0 Å². The lowest BCUT2D eigenvalue weighted by Crippen LogP contribution is -2.31. The molecule has 2 amide bonds. The Morgan fingerprint density at radius 2 is 1.55 bits per heavy atom. The third-order valence-electron chi connectivity index (χ3n) is 5.61. The molecule has 3 rings (SSSR count). The third kappa shape index (κ3) is 4.58. The Morgan fingerprint density at radius 3 is 2.23 bits per heavy atom. The van der Waals surface area contributed by atoms with E-state index in [1.165, 1.54) is 23.1 Å². The minimum atomic E-state index is -0.710. The maximum absolute atomic E-state index is 12.6. The van der Waals surface area contributed by atoms with Gasteiger partial charge in [-0.05, 0) is 74.1 Å². The summed E-state index contributed by atoms with van der Waals surface area (Å²) in [4.78, 5) is 51.4. The second-order valence-corrected chi connectivity index (χ2v) is 8.46. The fourth-order valence-electron chi connectivity index (χ4n) is 3.56. The molecule has 6 nitrogen and oxygen atoms in total. The largest absolute Gasteiger partial charge is 0.454 e. The van der Waals surface area contributed by atoms with Crippen LogP contribution in [0.25, 0.3) is 0 Å².